The Morgan fingerprint density at radius 1 is 1.22 bits per heavy atom. The Morgan fingerprint density at radius 2 is 1.94 bits per heavy atom. The molecule has 1 aromatic carbocycles. The van der Waals surface area contributed by atoms with Crippen LogP contribution in [0.15, 0.2) is 35.4 Å². The topological polar surface area (TPSA) is 93.5 Å². The van der Waals surface area contributed by atoms with Crippen LogP contribution >= 0.6 is 11.3 Å². The van der Waals surface area contributed by atoms with Crippen LogP contribution in [0.25, 0.3) is 10.7 Å². The molecule has 4 rings (SSSR count). The van der Waals surface area contributed by atoms with Crippen LogP contribution in [-0.2, 0) is 21.8 Å². The van der Waals surface area contributed by atoms with Crippen molar-refractivity contribution in [3.05, 3.63) is 52.4 Å². The predicted molar refractivity (Wildman–Crippen MR) is 120 cm³/mol. The lowest BCUT2D eigenvalue weighted by Crippen LogP contribution is -2.40. The zero-order valence-electron chi connectivity index (χ0n) is 17.9. The van der Waals surface area contributed by atoms with Crippen LogP contribution in [-0.4, -0.2) is 55.1 Å². The first-order valence-electron chi connectivity index (χ1n) is 9.96. The molecule has 1 aliphatic heterocycles. The van der Waals surface area contributed by atoms with Crippen molar-refractivity contribution < 1.29 is 22.3 Å². The minimum Gasteiger partial charge on any atom is -0.378 e. The van der Waals surface area contributed by atoms with Crippen molar-refractivity contribution >= 4 is 33.0 Å². The number of aryl methyl sites for hydroxylation is 3. The molecule has 170 valence electrons. The third kappa shape index (κ3) is 4.41. The normalized spacial score (nSPS) is 14.6. The van der Waals surface area contributed by atoms with E-state index in [2.05, 4.69) is 9.71 Å². The van der Waals surface area contributed by atoms with E-state index >= 15 is 0 Å². The van der Waals surface area contributed by atoms with E-state index in [1.807, 2.05) is 0 Å². The Bertz CT molecular complexity index is 1280. The van der Waals surface area contributed by atoms with Gasteiger partial charge in [0.15, 0.2) is 0 Å². The molecular weight excluding hydrogens is 455 g/mol. The number of anilines is 1. The van der Waals surface area contributed by atoms with Gasteiger partial charge in [0, 0.05) is 26.3 Å². The summed E-state index contributed by atoms with van der Waals surface area (Å²) in [6.45, 7) is 5.44. The number of benzene rings is 1. The van der Waals surface area contributed by atoms with Gasteiger partial charge in [0.1, 0.15) is 20.6 Å². The highest BCUT2D eigenvalue weighted by Gasteiger charge is 2.25. The first-order valence-corrected chi connectivity index (χ1v) is 12.3. The summed E-state index contributed by atoms with van der Waals surface area (Å²) >= 11 is 1.23. The molecule has 0 saturated carbocycles. The van der Waals surface area contributed by atoms with Crippen molar-refractivity contribution in [3.63, 3.8) is 0 Å². The Morgan fingerprint density at radius 3 is 2.62 bits per heavy atom. The Kier molecular flexibility index (Phi) is 6.06. The van der Waals surface area contributed by atoms with E-state index in [-0.39, 0.29) is 16.5 Å². The quantitative estimate of drug-likeness (QED) is 0.608. The van der Waals surface area contributed by atoms with Crippen LogP contribution in [0.4, 0.5) is 10.1 Å². The number of morpholine rings is 1. The maximum Gasteiger partial charge on any atom is 0.266 e. The maximum absolute atomic E-state index is 13.8. The van der Waals surface area contributed by atoms with Gasteiger partial charge in [-0.15, -0.1) is 11.3 Å². The summed E-state index contributed by atoms with van der Waals surface area (Å²) in [6.07, 6.45) is 1.46. The van der Waals surface area contributed by atoms with Crippen LogP contribution in [0.3, 0.4) is 0 Å². The van der Waals surface area contributed by atoms with Gasteiger partial charge in [-0.05, 0) is 37.6 Å². The summed E-state index contributed by atoms with van der Waals surface area (Å²) in [7, 11) is -2.23. The lowest BCUT2D eigenvalue weighted by molar-refractivity contribution is 0.0305. The molecule has 0 radical (unpaired) electrons. The van der Waals surface area contributed by atoms with Gasteiger partial charge in [0.2, 0.25) is 0 Å². The minimum atomic E-state index is -3.94. The SMILES string of the molecule is Cc1ccc(NS(=O)(=O)c2cc(-c3nc(C)c(C(=O)N4CCOCC4)s3)n(C)c2)cc1F. The molecule has 1 amide bonds. The van der Waals surface area contributed by atoms with Gasteiger partial charge < -0.3 is 14.2 Å². The first kappa shape index (κ1) is 22.4. The van der Waals surface area contributed by atoms with Crippen LogP contribution in [0.5, 0.6) is 0 Å². The number of sulfonamides is 1. The van der Waals surface area contributed by atoms with E-state index in [1.54, 1.807) is 30.4 Å². The van der Waals surface area contributed by atoms with Gasteiger partial charge in [-0.2, -0.15) is 0 Å². The number of halogens is 1. The van der Waals surface area contributed by atoms with Gasteiger partial charge in [-0.25, -0.2) is 17.8 Å². The number of carbonyl (C=O) groups is 1. The summed E-state index contributed by atoms with van der Waals surface area (Å²) in [5, 5.41) is 0.546. The van der Waals surface area contributed by atoms with E-state index in [0.29, 0.717) is 53.1 Å². The molecule has 32 heavy (non-hydrogen) atoms. The number of rotatable bonds is 5. The van der Waals surface area contributed by atoms with Crippen molar-refractivity contribution in [2.24, 2.45) is 7.05 Å². The molecule has 0 bridgehead atoms. The van der Waals surface area contributed by atoms with Gasteiger partial charge in [-0.1, -0.05) is 6.07 Å². The number of hydrogen-bond acceptors (Lipinski definition) is 6. The summed E-state index contributed by atoms with van der Waals surface area (Å²) < 4.78 is 48.8. The highest BCUT2D eigenvalue weighted by atomic mass is 32.2. The van der Waals surface area contributed by atoms with Crippen molar-refractivity contribution in [1.82, 2.24) is 14.5 Å². The molecule has 3 aromatic rings. The lowest BCUT2D eigenvalue weighted by Gasteiger charge is -2.26. The second-order valence-electron chi connectivity index (χ2n) is 7.58. The van der Waals surface area contributed by atoms with E-state index < -0.39 is 15.8 Å². The van der Waals surface area contributed by atoms with Gasteiger partial charge >= 0.3 is 0 Å². The molecular formula is C21H23FN4O4S2. The molecule has 2 aromatic heterocycles. The number of thiazole rings is 1. The molecule has 1 aliphatic rings. The summed E-state index contributed by atoms with van der Waals surface area (Å²) in [4.78, 5) is 19.7. The molecule has 1 fully saturated rings. The van der Waals surface area contributed by atoms with Gasteiger partial charge in [0.05, 0.1) is 30.3 Å². The molecule has 0 spiro atoms. The highest BCUT2D eigenvalue weighted by Crippen LogP contribution is 2.31. The van der Waals surface area contributed by atoms with Crippen LogP contribution in [0.1, 0.15) is 20.9 Å². The fourth-order valence-corrected chi connectivity index (χ4v) is 5.59. The van der Waals surface area contributed by atoms with Crippen LogP contribution < -0.4 is 4.72 Å². The van der Waals surface area contributed by atoms with Crippen molar-refractivity contribution in [2.75, 3.05) is 31.0 Å². The zero-order chi connectivity index (χ0) is 23.0. The Hall–Kier alpha value is -2.76. The predicted octanol–water partition coefficient (Wildman–Crippen LogP) is 3.18. The number of carbonyl (C=O) groups excluding carboxylic acids is 1. The van der Waals surface area contributed by atoms with Crippen molar-refractivity contribution in [3.8, 4) is 10.7 Å². The number of aromatic nitrogens is 2. The third-order valence-electron chi connectivity index (χ3n) is 5.22. The fraction of sp³-hybridized carbons (Fsp3) is 0.333. The van der Waals surface area contributed by atoms with Crippen molar-refractivity contribution in [1.29, 1.82) is 0 Å². The maximum atomic E-state index is 13.8. The smallest absolute Gasteiger partial charge is 0.266 e. The number of amides is 1. The minimum absolute atomic E-state index is 0.0184. The largest absolute Gasteiger partial charge is 0.378 e. The van der Waals surface area contributed by atoms with E-state index in [9.17, 15) is 17.6 Å². The van der Waals surface area contributed by atoms with E-state index in [4.69, 9.17) is 4.74 Å². The lowest BCUT2D eigenvalue weighted by atomic mass is 10.2. The number of nitrogens with one attached hydrogen (secondary N) is 1. The monoisotopic (exact) mass is 478 g/mol. The first-order chi connectivity index (χ1) is 15.2. The number of nitrogens with zero attached hydrogens (tertiary/aromatic N) is 3. The molecule has 8 nitrogen and oxygen atoms in total. The molecule has 0 unspecified atom stereocenters. The Labute approximate surface area is 189 Å². The molecule has 1 N–H and O–H groups in total. The number of hydrogen-bond donors (Lipinski definition) is 1. The molecule has 11 heteroatoms. The van der Waals surface area contributed by atoms with Crippen LogP contribution in [0.2, 0.25) is 0 Å². The number of ether oxygens (including phenoxy) is 1. The molecule has 0 atom stereocenters. The Balaban J connectivity index is 1.60. The standard InChI is InChI=1S/C21H23FN4O4S2/c1-13-4-5-15(10-17(13)22)24-32(28,29)16-11-18(25(3)12-16)20-23-14(2)19(31-20)21(27)26-6-8-30-9-7-26/h4-5,10-12,24H,6-9H2,1-3H3. The summed E-state index contributed by atoms with van der Waals surface area (Å²) in [5.74, 6) is -0.589. The van der Waals surface area contributed by atoms with Crippen LogP contribution in [0, 0.1) is 19.7 Å². The average Bonchev–Trinajstić information content (AvgIpc) is 3.33. The van der Waals surface area contributed by atoms with E-state index in [0.717, 1.165) is 6.07 Å². The zero-order valence-corrected chi connectivity index (χ0v) is 19.5. The second kappa shape index (κ2) is 8.64. The second-order valence-corrected chi connectivity index (χ2v) is 10.3. The highest BCUT2D eigenvalue weighted by molar-refractivity contribution is 7.92. The summed E-state index contributed by atoms with van der Waals surface area (Å²) in [5.41, 5.74) is 1.73. The molecule has 1 saturated heterocycles. The average molecular weight is 479 g/mol. The van der Waals surface area contributed by atoms with Gasteiger partial charge in [0.25, 0.3) is 15.9 Å². The third-order valence-corrected chi connectivity index (χ3v) is 7.74. The van der Waals surface area contributed by atoms with Crippen molar-refractivity contribution in [2.45, 2.75) is 18.7 Å². The molecule has 0 aliphatic carbocycles. The fourth-order valence-electron chi connectivity index (χ4n) is 3.38. The summed E-state index contributed by atoms with van der Waals surface area (Å²) in [6, 6.07) is 5.65. The van der Waals surface area contributed by atoms with E-state index in [1.165, 1.54) is 35.7 Å². The van der Waals surface area contributed by atoms with Gasteiger partial charge in [-0.3, -0.25) is 9.52 Å². The molecule has 3 heterocycles.